The molecule has 19 heavy (non-hydrogen) atoms. The molecule has 1 fully saturated rings. The first kappa shape index (κ1) is 14.1. The molecule has 2 rings (SSSR count). The van der Waals surface area contributed by atoms with E-state index in [-0.39, 0.29) is 5.91 Å². The van der Waals surface area contributed by atoms with Crippen LogP contribution in [0.1, 0.15) is 47.2 Å². The first-order valence-corrected chi connectivity index (χ1v) is 7.21. The maximum absolute atomic E-state index is 12.7. The van der Waals surface area contributed by atoms with Crippen molar-refractivity contribution in [1.82, 2.24) is 4.90 Å². The van der Waals surface area contributed by atoms with Crippen molar-refractivity contribution in [2.45, 2.75) is 45.6 Å². The molecule has 0 heterocycles. The highest BCUT2D eigenvalue weighted by Crippen LogP contribution is 2.25. The summed E-state index contributed by atoms with van der Waals surface area (Å²) in [6.07, 6.45) is 4.70. The van der Waals surface area contributed by atoms with Crippen LogP contribution in [0, 0.1) is 13.8 Å². The monoisotopic (exact) mass is 260 g/mol. The van der Waals surface area contributed by atoms with E-state index in [2.05, 4.69) is 6.07 Å². The summed E-state index contributed by atoms with van der Waals surface area (Å²) < 4.78 is 0. The van der Waals surface area contributed by atoms with Gasteiger partial charge in [0.2, 0.25) is 0 Å². The highest BCUT2D eigenvalue weighted by atomic mass is 16.2. The van der Waals surface area contributed by atoms with Crippen LogP contribution in [0.3, 0.4) is 0 Å². The largest absolute Gasteiger partial charge is 0.334 e. The smallest absolute Gasteiger partial charge is 0.254 e. The minimum atomic E-state index is 0.143. The molecule has 0 aliphatic heterocycles. The SMILES string of the molecule is Cc1cc(C)cc(C(=O)N(CCN)C2CCCC2)c1. The summed E-state index contributed by atoms with van der Waals surface area (Å²) in [6.45, 7) is 5.27. The normalized spacial score (nSPS) is 15.7. The topological polar surface area (TPSA) is 46.3 Å². The van der Waals surface area contributed by atoms with E-state index in [0.29, 0.717) is 19.1 Å². The van der Waals surface area contributed by atoms with Gasteiger partial charge in [-0.3, -0.25) is 4.79 Å². The zero-order chi connectivity index (χ0) is 13.8. The third kappa shape index (κ3) is 3.35. The number of nitrogens with zero attached hydrogens (tertiary/aromatic N) is 1. The summed E-state index contributed by atoms with van der Waals surface area (Å²) in [5.74, 6) is 0.143. The van der Waals surface area contributed by atoms with Gasteiger partial charge in [-0.15, -0.1) is 0 Å². The Morgan fingerprint density at radius 2 is 1.79 bits per heavy atom. The molecule has 0 atom stereocenters. The van der Waals surface area contributed by atoms with Crippen LogP contribution in [-0.4, -0.2) is 29.9 Å². The second-order valence-electron chi connectivity index (χ2n) is 5.60. The number of amides is 1. The van der Waals surface area contributed by atoms with Gasteiger partial charge in [-0.05, 0) is 38.8 Å². The quantitative estimate of drug-likeness (QED) is 0.904. The van der Waals surface area contributed by atoms with E-state index in [1.165, 1.54) is 12.8 Å². The first-order valence-electron chi connectivity index (χ1n) is 7.21. The molecule has 3 heteroatoms. The van der Waals surface area contributed by atoms with Crippen LogP contribution in [0.15, 0.2) is 18.2 Å². The minimum absolute atomic E-state index is 0.143. The Morgan fingerprint density at radius 3 is 2.32 bits per heavy atom. The fraction of sp³-hybridized carbons (Fsp3) is 0.562. The lowest BCUT2D eigenvalue weighted by Gasteiger charge is -2.29. The van der Waals surface area contributed by atoms with Crippen molar-refractivity contribution in [3.8, 4) is 0 Å². The Bertz CT molecular complexity index is 430. The molecule has 0 radical (unpaired) electrons. The molecule has 1 aromatic rings. The summed E-state index contributed by atoms with van der Waals surface area (Å²) in [5, 5.41) is 0. The summed E-state index contributed by atoms with van der Waals surface area (Å²) >= 11 is 0. The maximum atomic E-state index is 12.7. The molecular formula is C16H24N2O. The zero-order valence-electron chi connectivity index (χ0n) is 12.0. The fourth-order valence-electron chi connectivity index (χ4n) is 3.07. The Morgan fingerprint density at radius 1 is 1.21 bits per heavy atom. The number of nitrogens with two attached hydrogens (primary N) is 1. The van der Waals surface area contributed by atoms with Gasteiger partial charge in [-0.1, -0.05) is 30.0 Å². The maximum Gasteiger partial charge on any atom is 0.254 e. The number of aryl methyl sites for hydroxylation is 2. The highest BCUT2D eigenvalue weighted by Gasteiger charge is 2.26. The van der Waals surface area contributed by atoms with E-state index in [1.807, 2.05) is 30.9 Å². The number of rotatable bonds is 4. The number of hydrogen-bond acceptors (Lipinski definition) is 2. The van der Waals surface area contributed by atoms with Gasteiger partial charge in [0.05, 0.1) is 0 Å². The Balaban J connectivity index is 2.22. The molecule has 1 saturated carbocycles. The van der Waals surface area contributed by atoms with Crippen LogP contribution in [0.4, 0.5) is 0 Å². The molecule has 1 aromatic carbocycles. The Kier molecular flexibility index (Phi) is 4.59. The van der Waals surface area contributed by atoms with E-state index < -0.39 is 0 Å². The highest BCUT2D eigenvalue weighted by molar-refractivity contribution is 5.94. The van der Waals surface area contributed by atoms with Crippen LogP contribution < -0.4 is 5.73 Å². The van der Waals surface area contributed by atoms with Crippen molar-refractivity contribution < 1.29 is 4.79 Å². The van der Waals surface area contributed by atoms with Gasteiger partial charge in [0.15, 0.2) is 0 Å². The summed E-state index contributed by atoms with van der Waals surface area (Å²) in [7, 11) is 0. The molecule has 0 spiro atoms. The number of carbonyl (C=O) groups excluding carboxylic acids is 1. The van der Waals surface area contributed by atoms with Gasteiger partial charge < -0.3 is 10.6 Å². The molecule has 0 bridgehead atoms. The lowest BCUT2D eigenvalue weighted by atomic mass is 10.1. The van der Waals surface area contributed by atoms with Crippen molar-refractivity contribution in [1.29, 1.82) is 0 Å². The van der Waals surface area contributed by atoms with Gasteiger partial charge in [0, 0.05) is 24.7 Å². The van der Waals surface area contributed by atoms with Crippen LogP contribution in [0.2, 0.25) is 0 Å². The van der Waals surface area contributed by atoms with E-state index in [1.54, 1.807) is 0 Å². The summed E-state index contributed by atoms with van der Waals surface area (Å²) in [5.41, 5.74) is 8.76. The van der Waals surface area contributed by atoms with Crippen LogP contribution >= 0.6 is 0 Å². The first-order chi connectivity index (χ1) is 9.11. The van der Waals surface area contributed by atoms with E-state index >= 15 is 0 Å². The third-order valence-corrected chi connectivity index (χ3v) is 3.86. The molecule has 3 nitrogen and oxygen atoms in total. The molecule has 104 valence electrons. The molecule has 0 unspecified atom stereocenters. The van der Waals surface area contributed by atoms with E-state index in [9.17, 15) is 4.79 Å². The molecule has 1 amide bonds. The van der Waals surface area contributed by atoms with Crippen molar-refractivity contribution in [2.75, 3.05) is 13.1 Å². The van der Waals surface area contributed by atoms with E-state index in [0.717, 1.165) is 29.5 Å². The number of hydrogen-bond donors (Lipinski definition) is 1. The van der Waals surface area contributed by atoms with Crippen molar-refractivity contribution >= 4 is 5.91 Å². The Labute approximate surface area is 115 Å². The molecule has 2 N–H and O–H groups in total. The van der Waals surface area contributed by atoms with Crippen molar-refractivity contribution in [3.63, 3.8) is 0 Å². The predicted octanol–water partition coefficient (Wildman–Crippen LogP) is 2.65. The van der Waals surface area contributed by atoms with Crippen molar-refractivity contribution in [2.24, 2.45) is 5.73 Å². The van der Waals surface area contributed by atoms with Gasteiger partial charge in [-0.2, -0.15) is 0 Å². The standard InChI is InChI=1S/C16H24N2O/c1-12-9-13(2)11-14(10-12)16(19)18(8-7-17)15-5-3-4-6-15/h9-11,15H,3-8,17H2,1-2H3. The lowest BCUT2D eigenvalue weighted by Crippen LogP contribution is -2.42. The average Bonchev–Trinajstić information content (AvgIpc) is 2.87. The van der Waals surface area contributed by atoms with Gasteiger partial charge in [0.25, 0.3) is 5.91 Å². The fourth-order valence-corrected chi connectivity index (χ4v) is 3.07. The molecule has 0 aromatic heterocycles. The molecule has 0 saturated heterocycles. The number of benzene rings is 1. The molecule has 1 aliphatic rings. The lowest BCUT2D eigenvalue weighted by molar-refractivity contribution is 0.0688. The van der Waals surface area contributed by atoms with Crippen LogP contribution in [0.5, 0.6) is 0 Å². The number of carbonyl (C=O) groups is 1. The Hall–Kier alpha value is -1.35. The molecular weight excluding hydrogens is 236 g/mol. The van der Waals surface area contributed by atoms with Crippen LogP contribution in [0.25, 0.3) is 0 Å². The minimum Gasteiger partial charge on any atom is -0.334 e. The van der Waals surface area contributed by atoms with Crippen LogP contribution in [-0.2, 0) is 0 Å². The average molecular weight is 260 g/mol. The second-order valence-corrected chi connectivity index (χ2v) is 5.60. The van der Waals surface area contributed by atoms with Gasteiger partial charge in [-0.25, -0.2) is 0 Å². The third-order valence-electron chi connectivity index (χ3n) is 3.86. The van der Waals surface area contributed by atoms with Crippen molar-refractivity contribution in [3.05, 3.63) is 34.9 Å². The van der Waals surface area contributed by atoms with Gasteiger partial charge >= 0.3 is 0 Å². The second kappa shape index (κ2) is 6.20. The van der Waals surface area contributed by atoms with E-state index in [4.69, 9.17) is 5.73 Å². The summed E-state index contributed by atoms with van der Waals surface area (Å²) in [6, 6.07) is 6.44. The summed E-state index contributed by atoms with van der Waals surface area (Å²) in [4.78, 5) is 14.7. The zero-order valence-corrected chi connectivity index (χ0v) is 12.0. The molecule has 1 aliphatic carbocycles. The van der Waals surface area contributed by atoms with Gasteiger partial charge in [0.1, 0.15) is 0 Å². The predicted molar refractivity (Wildman–Crippen MR) is 78.3 cm³/mol.